The van der Waals surface area contributed by atoms with Gasteiger partial charge in [-0.1, -0.05) is 36.4 Å². The summed E-state index contributed by atoms with van der Waals surface area (Å²) in [5, 5.41) is 13.2. The van der Waals surface area contributed by atoms with Gasteiger partial charge in [-0.3, -0.25) is 4.90 Å². The SMILES string of the molecule is COc1ccc(CNCC2CN(Cc3ccccc3)CCO2)cc1O. The Labute approximate surface area is 149 Å². The molecule has 0 bridgehead atoms. The lowest BCUT2D eigenvalue weighted by Crippen LogP contribution is -2.46. The number of phenols is 1. The smallest absolute Gasteiger partial charge is 0.160 e. The highest BCUT2D eigenvalue weighted by Gasteiger charge is 2.20. The zero-order valence-electron chi connectivity index (χ0n) is 14.6. The third kappa shape index (κ3) is 5.19. The first-order chi connectivity index (χ1) is 12.2. The van der Waals surface area contributed by atoms with Crippen molar-refractivity contribution >= 4 is 0 Å². The minimum Gasteiger partial charge on any atom is -0.504 e. The van der Waals surface area contributed by atoms with Crippen molar-refractivity contribution in [1.82, 2.24) is 10.2 Å². The molecule has 2 aromatic rings. The number of methoxy groups -OCH3 is 1. The Bertz CT molecular complexity index is 663. The number of nitrogens with one attached hydrogen (secondary N) is 1. The molecule has 3 rings (SSSR count). The summed E-state index contributed by atoms with van der Waals surface area (Å²) in [6, 6.07) is 16.0. The zero-order chi connectivity index (χ0) is 17.5. The summed E-state index contributed by atoms with van der Waals surface area (Å²) in [5.41, 5.74) is 2.36. The van der Waals surface area contributed by atoms with E-state index < -0.39 is 0 Å². The minimum absolute atomic E-state index is 0.171. The number of rotatable bonds is 7. The van der Waals surface area contributed by atoms with Crippen LogP contribution in [0, 0.1) is 0 Å². The molecule has 1 saturated heterocycles. The van der Waals surface area contributed by atoms with Gasteiger partial charge in [-0.15, -0.1) is 0 Å². The predicted molar refractivity (Wildman–Crippen MR) is 97.8 cm³/mol. The second-order valence-corrected chi connectivity index (χ2v) is 6.35. The van der Waals surface area contributed by atoms with Gasteiger partial charge in [-0.25, -0.2) is 0 Å². The average molecular weight is 342 g/mol. The van der Waals surface area contributed by atoms with Gasteiger partial charge in [0.2, 0.25) is 0 Å². The van der Waals surface area contributed by atoms with E-state index in [-0.39, 0.29) is 11.9 Å². The summed E-state index contributed by atoms with van der Waals surface area (Å²) >= 11 is 0. The van der Waals surface area contributed by atoms with E-state index in [0.29, 0.717) is 12.3 Å². The van der Waals surface area contributed by atoms with E-state index in [1.165, 1.54) is 5.56 Å². The number of benzene rings is 2. The van der Waals surface area contributed by atoms with Crippen LogP contribution in [-0.4, -0.2) is 49.5 Å². The summed E-state index contributed by atoms with van der Waals surface area (Å²) in [5.74, 6) is 0.667. The van der Waals surface area contributed by atoms with Gasteiger partial charge >= 0.3 is 0 Å². The highest BCUT2D eigenvalue weighted by Crippen LogP contribution is 2.26. The molecule has 2 N–H and O–H groups in total. The van der Waals surface area contributed by atoms with Crippen LogP contribution in [0.1, 0.15) is 11.1 Å². The van der Waals surface area contributed by atoms with Crippen LogP contribution in [0.4, 0.5) is 0 Å². The fourth-order valence-corrected chi connectivity index (χ4v) is 3.11. The van der Waals surface area contributed by atoms with Crippen LogP contribution in [0.5, 0.6) is 11.5 Å². The number of morpholine rings is 1. The quantitative estimate of drug-likeness (QED) is 0.809. The monoisotopic (exact) mass is 342 g/mol. The van der Waals surface area contributed by atoms with Crippen molar-refractivity contribution in [2.24, 2.45) is 0 Å². The van der Waals surface area contributed by atoms with Crippen molar-refractivity contribution in [2.45, 2.75) is 19.2 Å². The van der Waals surface area contributed by atoms with Crippen molar-refractivity contribution in [1.29, 1.82) is 0 Å². The molecule has 1 fully saturated rings. The highest BCUT2D eigenvalue weighted by atomic mass is 16.5. The lowest BCUT2D eigenvalue weighted by molar-refractivity contribution is -0.0300. The highest BCUT2D eigenvalue weighted by molar-refractivity contribution is 5.41. The van der Waals surface area contributed by atoms with Gasteiger partial charge in [-0.2, -0.15) is 0 Å². The van der Waals surface area contributed by atoms with Crippen molar-refractivity contribution in [3.8, 4) is 11.5 Å². The third-order valence-corrected chi connectivity index (χ3v) is 4.42. The van der Waals surface area contributed by atoms with Gasteiger partial charge < -0.3 is 19.9 Å². The molecule has 5 nitrogen and oxygen atoms in total. The van der Waals surface area contributed by atoms with E-state index >= 15 is 0 Å². The van der Waals surface area contributed by atoms with Gasteiger partial charge in [0.1, 0.15) is 0 Å². The molecule has 1 aliphatic heterocycles. The summed E-state index contributed by atoms with van der Waals surface area (Å²) in [6.07, 6.45) is 0.185. The number of phenolic OH excluding ortho intramolecular Hbond substituents is 1. The molecule has 0 radical (unpaired) electrons. The van der Waals surface area contributed by atoms with Crippen molar-refractivity contribution in [3.63, 3.8) is 0 Å². The molecule has 25 heavy (non-hydrogen) atoms. The second kappa shape index (κ2) is 8.85. The van der Waals surface area contributed by atoms with Crippen molar-refractivity contribution < 1.29 is 14.6 Å². The molecule has 1 aliphatic rings. The van der Waals surface area contributed by atoms with Crippen LogP contribution in [0.15, 0.2) is 48.5 Å². The molecule has 0 spiro atoms. The third-order valence-electron chi connectivity index (χ3n) is 4.42. The summed E-state index contributed by atoms with van der Waals surface area (Å²) in [7, 11) is 1.55. The lowest BCUT2D eigenvalue weighted by atomic mass is 10.1. The Morgan fingerprint density at radius 3 is 2.80 bits per heavy atom. The van der Waals surface area contributed by atoms with Gasteiger partial charge in [0.05, 0.1) is 19.8 Å². The van der Waals surface area contributed by atoms with Crippen molar-refractivity contribution in [3.05, 3.63) is 59.7 Å². The molecule has 0 aromatic heterocycles. The number of nitrogens with zero attached hydrogens (tertiary/aromatic N) is 1. The maximum absolute atomic E-state index is 9.83. The Balaban J connectivity index is 1.44. The zero-order valence-corrected chi connectivity index (χ0v) is 14.6. The molecule has 0 amide bonds. The van der Waals surface area contributed by atoms with E-state index in [1.807, 2.05) is 12.1 Å². The predicted octanol–water partition coefficient (Wildman–Crippen LogP) is 2.39. The molecule has 0 aliphatic carbocycles. The molecule has 2 aromatic carbocycles. The Morgan fingerprint density at radius 1 is 1.20 bits per heavy atom. The van der Waals surface area contributed by atoms with E-state index in [2.05, 4.69) is 34.5 Å². The van der Waals surface area contributed by atoms with Crippen LogP contribution in [0.2, 0.25) is 0 Å². The largest absolute Gasteiger partial charge is 0.504 e. The van der Waals surface area contributed by atoms with Gasteiger partial charge in [0, 0.05) is 32.7 Å². The van der Waals surface area contributed by atoms with Crippen LogP contribution >= 0.6 is 0 Å². The van der Waals surface area contributed by atoms with Crippen LogP contribution in [-0.2, 0) is 17.8 Å². The van der Waals surface area contributed by atoms with Gasteiger partial charge in [-0.05, 0) is 23.3 Å². The van der Waals surface area contributed by atoms with Crippen molar-refractivity contribution in [2.75, 3.05) is 33.4 Å². The molecular weight excluding hydrogens is 316 g/mol. The van der Waals surface area contributed by atoms with Gasteiger partial charge in [0.25, 0.3) is 0 Å². The molecule has 134 valence electrons. The van der Waals surface area contributed by atoms with Gasteiger partial charge in [0.15, 0.2) is 11.5 Å². The van der Waals surface area contributed by atoms with E-state index in [4.69, 9.17) is 9.47 Å². The number of hydrogen-bond acceptors (Lipinski definition) is 5. The number of ether oxygens (including phenoxy) is 2. The molecule has 5 heteroatoms. The maximum Gasteiger partial charge on any atom is 0.160 e. The first-order valence-corrected chi connectivity index (χ1v) is 8.69. The summed E-state index contributed by atoms with van der Waals surface area (Å²) in [4.78, 5) is 2.43. The molecule has 0 saturated carbocycles. The first kappa shape index (κ1) is 17.7. The minimum atomic E-state index is 0.171. The van der Waals surface area contributed by atoms with Crippen LogP contribution < -0.4 is 10.1 Å². The maximum atomic E-state index is 9.83. The summed E-state index contributed by atoms with van der Waals surface area (Å²) < 4.78 is 10.9. The Hall–Kier alpha value is -2.08. The fraction of sp³-hybridized carbons (Fsp3) is 0.400. The lowest BCUT2D eigenvalue weighted by Gasteiger charge is -2.33. The van der Waals surface area contributed by atoms with E-state index in [9.17, 15) is 5.11 Å². The Morgan fingerprint density at radius 2 is 2.04 bits per heavy atom. The fourth-order valence-electron chi connectivity index (χ4n) is 3.11. The average Bonchev–Trinajstić information content (AvgIpc) is 2.63. The van der Waals surface area contributed by atoms with E-state index in [1.54, 1.807) is 19.2 Å². The molecule has 1 unspecified atom stereocenters. The number of hydrogen-bond donors (Lipinski definition) is 2. The first-order valence-electron chi connectivity index (χ1n) is 8.69. The normalized spacial score (nSPS) is 18.2. The molecule has 1 heterocycles. The summed E-state index contributed by atoms with van der Waals surface area (Å²) in [6.45, 7) is 5.11. The van der Waals surface area contributed by atoms with E-state index in [0.717, 1.165) is 38.3 Å². The number of aromatic hydroxyl groups is 1. The molecule has 1 atom stereocenters. The Kier molecular flexibility index (Phi) is 6.28. The van der Waals surface area contributed by atoms with Crippen LogP contribution in [0.25, 0.3) is 0 Å². The topological polar surface area (TPSA) is 54.0 Å². The second-order valence-electron chi connectivity index (χ2n) is 6.35. The molecular formula is C20H26N2O3. The van der Waals surface area contributed by atoms with Crippen LogP contribution in [0.3, 0.4) is 0 Å². The standard InChI is InChI=1S/C20H26N2O3/c1-24-20-8-7-17(11-19(20)23)12-21-13-18-15-22(9-10-25-18)14-16-5-3-2-4-6-16/h2-8,11,18,21,23H,9-10,12-15H2,1H3.